The molecular weight excluding hydrogens is 625 g/mol. The Morgan fingerprint density at radius 1 is 0.610 bits per heavy atom. The zero-order chi connectivity index (χ0) is 29.9. The summed E-state index contributed by atoms with van der Waals surface area (Å²) in [6, 6.07) is 21.8. The fraction of sp³-hybridized carbons (Fsp3) is 0.0870. The lowest BCUT2D eigenvalue weighted by molar-refractivity contribution is 0.296. The maximum absolute atomic E-state index is 13.3. The van der Waals surface area contributed by atoms with Crippen LogP contribution in [0.5, 0.6) is 5.75 Å². The fourth-order valence-corrected chi connectivity index (χ4v) is 8.50. The topological polar surface area (TPSA) is 202 Å². The van der Waals surface area contributed by atoms with Gasteiger partial charge >= 0.3 is 40.7 Å². The largest absolute Gasteiger partial charge is 0.377 e. The van der Waals surface area contributed by atoms with Crippen LogP contribution in [0.1, 0.15) is 11.1 Å². The van der Waals surface area contributed by atoms with Crippen molar-refractivity contribution in [3.63, 3.8) is 0 Å². The minimum atomic E-state index is -5.90. The number of rotatable bonds is 12. The van der Waals surface area contributed by atoms with E-state index in [1.54, 1.807) is 24.3 Å². The molecule has 0 saturated heterocycles. The summed E-state index contributed by atoms with van der Waals surface area (Å²) >= 11 is 0. The fourth-order valence-electron chi connectivity index (χ4n) is 3.28. The molecule has 0 aliphatic heterocycles. The first-order chi connectivity index (χ1) is 19.2. The Balaban J connectivity index is 1.91. The Morgan fingerprint density at radius 2 is 1.05 bits per heavy atom. The van der Waals surface area contributed by atoms with Crippen molar-refractivity contribution in [2.45, 2.75) is 28.4 Å². The second kappa shape index (κ2) is 11.7. The summed E-state index contributed by atoms with van der Waals surface area (Å²) in [6.45, 7) is -1.40. The van der Waals surface area contributed by atoms with E-state index in [9.17, 15) is 38.2 Å². The van der Waals surface area contributed by atoms with Gasteiger partial charge in [-0.1, -0.05) is 78.9 Å². The lowest BCUT2D eigenvalue weighted by atomic mass is 10.2. The molecule has 14 nitrogen and oxygen atoms in total. The van der Waals surface area contributed by atoms with E-state index >= 15 is 0 Å². The third-order valence-corrected chi connectivity index (χ3v) is 9.84. The van der Waals surface area contributed by atoms with Gasteiger partial charge in [0.15, 0.2) is 0 Å². The highest BCUT2D eigenvalue weighted by molar-refractivity contribution is 7.91. The van der Waals surface area contributed by atoms with Crippen LogP contribution in [0.4, 0.5) is 0 Å². The standard InChI is InChI=1S/C23H20N2O12S4/c26-38(27,35-16-18-10-4-1-5-11-18)21-22(39(28,29)36-17-19-12-6-2-7-13-19)25(41(32,33)34)23(24-21)40(30,31)37-20-14-8-3-9-15-20/h1-15H,16-17H2,(H,32,33,34). The summed E-state index contributed by atoms with van der Waals surface area (Å²) < 4.78 is 128. The first kappa shape index (κ1) is 30.3. The van der Waals surface area contributed by atoms with Crippen molar-refractivity contribution in [2.24, 2.45) is 0 Å². The van der Waals surface area contributed by atoms with Crippen LogP contribution in [0, 0.1) is 0 Å². The maximum atomic E-state index is 13.3. The van der Waals surface area contributed by atoms with Crippen LogP contribution in [0.2, 0.25) is 0 Å². The average Bonchev–Trinajstić information content (AvgIpc) is 3.38. The molecule has 1 N–H and O–H groups in total. The zero-order valence-corrected chi connectivity index (χ0v) is 23.8. The van der Waals surface area contributed by atoms with Crippen LogP contribution in [-0.4, -0.2) is 47.2 Å². The molecule has 0 spiro atoms. The van der Waals surface area contributed by atoms with Crippen molar-refractivity contribution in [3.05, 3.63) is 102 Å². The zero-order valence-electron chi connectivity index (χ0n) is 20.5. The van der Waals surface area contributed by atoms with Gasteiger partial charge in [-0.2, -0.15) is 42.6 Å². The first-order valence-electron chi connectivity index (χ1n) is 11.2. The molecule has 3 aromatic carbocycles. The molecule has 1 aromatic heterocycles. The molecule has 0 atom stereocenters. The third-order valence-electron chi connectivity index (χ3n) is 5.06. The van der Waals surface area contributed by atoms with Crippen LogP contribution in [0.15, 0.2) is 106 Å². The van der Waals surface area contributed by atoms with Crippen LogP contribution >= 0.6 is 0 Å². The Morgan fingerprint density at radius 3 is 1.51 bits per heavy atom. The normalized spacial score (nSPS) is 12.7. The molecule has 218 valence electrons. The van der Waals surface area contributed by atoms with Crippen LogP contribution in [-0.2, 0) is 62.2 Å². The predicted molar refractivity (Wildman–Crippen MR) is 140 cm³/mol. The van der Waals surface area contributed by atoms with Gasteiger partial charge in [-0.05, 0) is 23.3 Å². The van der Waals surface area contributed by atoms with Gasteiger partial charge in [-0.25, -0.2) is 0 Å². The molecule has 0 amide bonds. The molecule has 0 fully saturated rings. The molecule has 0 radical (unpaired) electrons. The minimum Gasteiger partial charge on any atom is -0.377 e. The summed E-state index contributed by atoms with van der Waals surface area (Å²) in [5.41, 5.74) is 0.564. The van der Waals surface area contributed by atoms with E-state index in [-0.39, 0.29) is 11.3 Å². The Hall–Kier alpha value is -3.65. The van der Waals surface area contributed by atoms with Crippen LogP contribution < -0.4 is 4.18 Å². The second-order valence-electron chi connectivity index (χ2n) is 8.00. The summed E-state index contributed by atoms with van der Waals surface area (Å²) in [5, 5.41) is -5.33. The molecular formula is C23H20N2O12S4. The van der Waals surface area contributed by atoms with E-state index in [0.29, 0.717) is 5.56 Å². The number of para-hydroxylation sites is 1. The van der Waals surface area contributed by atoms with Crippen LogP contribution in [0.25, 0.3) is 0 Å². The third kappa shape index (κ3) is 7.17. The van der Waals surface area contributed by atoms with Gasteiger partial charge in [-0.15, -0.1) is 0 Å². The summed E-state index contributed by atoms with van der Waals surface area (Å²) in [6.07, 6.45) is 0. The monoisotopic (exact) mass is 644 g/mol. The van der Waals surface area contributed by atoms with E-state index in [1.165, 1.54) is 54.6 Å². The minimum absolute atomic E-state index is 0.263. The molecule has 18 heteroatoms. The molecule has 0 aliphatic carbocycles. The smallest absolute Gasteiger partial charge is 0.374 e. The Bertz CT molecular complexity index is 1960. The molecule has 0 bridgehead atoms. The number of hydrogen-bond donors (Lipinski definition) is 1. The van der Waals surface area contributed by atoms with E-state index < -0.39 is 73.1 Å². The van der Waals surface area contributed by atoms with E-state index in [1.807, 2.05) is 0 Å². The summed E-state index contributed by atoms with van der Waals surface area (Å²) in [5.74, 6) is -0.369. The highest BCUT2D eigenvalue weighted by Gasteiger charge is 2.44. The number of imidazole rings is 1. The molecule has 0 saturated carbocycles. The van der Waals surface area contributed by atoms with Gasteiger partial charge in [0.25, 0.3) is 5.16 Å². The van der Waals surface area contributed by atoms with Gasteiger partial charge in [0.2, 0.25) is 10.1 Å². The molecule has 4 aromatic rings. The molecule has 0 unspecified atom stereocenters. The number of nitrogens with zero attached hydrogens (tertiary/aromatic N) is 2. The average molecular weight is 645 g/mol. The lowest BCUT2D eigenvalue weighted by Crippen LogP contribution is -2.25. The van der Waals surface area contributed by atoms with E-state index in [2.05, 4.69) is 4.98 Å². The van der Waals surface area contributed by atoms with Crippen molar-refractivity contribution < 1.29 is 50.8 Å². The number of aromatic nitrogens is 2. The van der Waals surface area contributed by atoms with Gasteiger partial charge in [0, 0.05) is 0 Å². The van der Waals surface area contributed by atoms with Crippen molar-refractivity contribution in [2.75, 3.05) is 0 Å². The van der Waals surface area contributed by atoms with Gasteiger partial charge in [-0.3, -0.25) is 12.9 Å². The van der Waals surface area contributed by atoms with Crippen LogP contribution in [0.3, 0.4) is 0 Å². The molecule has 0 aliphatic rings. The lowest BCUT2D eigenvalue weighted by Gasteiger charge is -2.11. The van der Waals surface area contributed by atoms with Crippen molar-refractivity contribution in [3.8, 4) is 5.75 Å². The Labute approximate surface area is 236 Å². The molecule has 4 rings (SSSR count). The predicted octanol–water partition coefficient (Wildman–Crippen LogP) is 2.11. The second-order valence-corrected chi connectivity index (χ2v) is 13.8. The van der Waals surface area contributed by atoms with E-state index in [4.69, 9.17) is 12.5 Å². The highest BCUT2D eigenvalue weighted by Crippen LogP contribution is 2.31. The van der Waals surface area contributed by atoms with Crippen molar-refractivity contribution >= 4 is 40.7 Å². The first-order valence-corrected chi connectivity index (χ1v) is 16.8. The number of hydrogen-bond acceptors (Lipinski definition) is 12. The van der Waals surface area contributed by atoms with Crippen molar-refractivity contribution in [1.82, 2.24) is 8.96 Å². The molecule has 1 heterocycles. The number of benzene rings is 3. The SMILES string of the molecule is O=S(=O)(OCc1ccccc1)c1nc(S(=O)(=O)Oc2ccccc2)n(S(=O)(=O)O)c1S(=O)(=O)OCc1ccccc1. The Kier molecular flexibility index (Phi) is 8.64. The van der Waals surface area contributed by atoms with Gasteiger partial charge in [0.05, 0.1) is 13.2 Å². The molecule has 41 heavy (non-hydrogen) atoms. The summed E-state index contributed by atoms with van der Waals surface area (Å²) in [7, 11) is -22.1. The van der Waals surface area contributed by atoms with E-state index in [0.717, 1.165) is 12.1 Å². The maximum Gasteiger partial charge on any atom is 0.374 e. The summed E-state index contributed by atoms with van der Waals surface area (Å²) in [4.78, 5) is 3.29. The van der Waals surface area contributed by atoms with Gasteiger partial charge in [0.1, 0.15) is 5.75 Å². The van der Waals surface area contributed by atoms with Gasteiger partial charge < -0.3 is 4.18 Å². The highest BCUT2D eigenvalue weighted by atomic mass is 32.2. The van der Waals surface area contributed by atoms with Crippen molar-refractivity contribution in [1.29, 1.82) is 0 Å². The quantitative estimate of drug-likeness (QED) is 0.174.